The zero-order valence-electron chi connectivity index (χ0n) is 29.5. The Hall–Kier alpha value is -2.47. The van der Waals surface area contributed by atoms with Crippen molar-refractivity contribution in [1.82, 2.24) is 5.32 Å². The van der Waals surface area contributed by atoms with Crippen LogP contribution >= 0.6 is 11.8 Å². The topological polar surface area (TPSA) is 61.7 Å². The lowest BCUT2D eigenvalue weighted by molar-refractivity contribution is 0.101. The van der Waals surface area contributed by atoms with Crippen LogP contribution in [0.5, 0.6) is 0 Å². The Bertz CT molecular complexity index is 1120. The molecule has 44 heavy (non-hydrogen) atoms. The molecule has 2 aromatic carbocycles. The van der Waals surface area contributed by atoms with E-state index >= 15 is 0 Å². The van der Waals surface area contributed by atoms with Crippen LogP contribution in [-0.2, 0) is 0 Å². The van der Waals surface area contributed by atoms with E-state index in [1.807, 2.05) is 43.3 Å². The van der Waals surface area contributed by atoms with Gasteiger partial charge in [0.15, 0.2) is 5.78 Å². The van der Waals surface area contributed by atoms with E-state index in [4.69, 9.17) is 10.1 Å². The molecule has 0 aromatic heterocycles. The van der Waals surface area contributed by atoms with Crippen molar-refractivity contribution in [3.8, 4) is 0 Å². The Morgan fingerprint density at radius 2 is 1.52 bits per heavy atom. The minimum Gasteiger partial charge on any atom is -0.396 e. The molecule has 246 valence electrons. The first-order chi connectivity index (χ1) is 21.1. The fourth-order valence-corrected chi connectivity index (χ4v) is 4.57. The van der Waals surface area contributed by atoms with Gasteiger partial charge in [-0.25, -0.2) is 0 Å². The second kappa shape index (κ2) is 25.8. The van der Waals surface area contributed by atoms with E-state index in [-0.39, 0.29) is 12.4 Å². The number of hydrogen-bond donors (Lipinski definition) is 2. The molecule has 2 unspecified atom stereocenters. The minimum atomic E-state index is 0.135. The van der Waals surface area contributed by atoms with Crippen LogP contribution < -0.4 is 5.32 Å². The molecule has 0 saturated heterocycles. The first kappa shape index (κ1) is 41.5. The summed E-state index contributed by atoms with van der Waals surface area (Å²) in [6.45, 7) is 23.7. The van der Waals surface area contributed by atoms with Crippen LogP contribution in [0.15, 0.2) is 81.8 Å². The molecule has 0 aliphatic rings. The Morgan fingerprint density at radius 1 is 0.909 bits per heavy atom. The molecule has 0 heterocycles. The van der Waals surface area contributed by atoms with Crippen LogP contribution in [-0.4, -0.2) is 42.1 Å². The first-order valence-electron chi connectivity index (χ1n) is 16.6. The van der Waals surface area contributed by atoms with Gasteiger partial charge in [-0.3, -0.25) is 9.79 Å². The number of carbonyl (C=O) groups excluding carboxylic acids is 1. The highest BCUT2D eigenvalue weighted by Gasteiger charge is 2.04. The predicted molar refractivity (Wildman–Crippen MR) is 197 cm³/mol. The van der Waals surface area contributed by atoms with Crippen molar-refractivity contribution in [3.05, 3.63) is 88.6 Å². The molecule has 2 rings (SSSR count). The molecule has 0 aliphatic carbocycles. The van der Waals surface area contributed by atoms with Gasteiger partial charge in [0.05, 0.1) is 12.3 Å². The van der Waals surface area contributed by atoms with Crippen LogP contribution in [0.3, 0.4) is 0 Å². The summed E-state index contributed by atoms with van der Waals surface area (Å²) >= 11 is 1.66. The summed E-state index contributed by atoms with van der Waals surface area (Å²) in [7, 11) is 0. The number of aliphatic hydroxyl groups excluding tert-OH is 1. The molecule has 2 atom stereocenters. The molecule has 0 spiro atoms. The zero-order valence-corrected chi connectivity index (χ0v) is 30.3. The van der Waals surface area contributed by atoms with Gasteiger partial charge in [-0.1, -0.05) is 96.0 Å². The number of ketones is 1. The lowest BCUT2D eigenvalue weighted by atomic mass is 9.97. The molecule has 0 aliphatic heterocycles. The Balaban J connectivity index is 0.000000687. The highest BCUT2D eigenvalue weighted by molar-refractivity contribution is 7.99. The summed E-state index contributed by atoms with van der Waals surface area (Å²) < 4.78 is 0. The van der Waals surface area contributed by atoms with Crippen LogP contribution in [0.2, 0.25) is 0 Å². The molecule has 2 aromatic rings. The summed E-state index contributed by atoms with van der Waals surface area (Å²) in [6.07, 6.45) is 10.1. The summed E-state index contributed by atoms with van der Waals surface area (Å²) in [5.74, 6) is 2.34. The second-order valence-electron chi connectivity index (χ2n) is 11.4. The molecule has 0 bridgehead atoms. The smallest absolute Gasteiger partial charge is 0.159 e. The Morgan fingerprint density at radius 3 is 2.00 bits per heavy atom. The molecule has 0 fully saturated rings. The first-order valence-corrected chi connectivity index (χ1v) is 17.6. The maximum absolute atomic E-state index is 11.0. The van der Waals surface area contributed by atoms with Crippen LogP contribution in [0.1, 0.15) is 129 Å². The summed E-state index contributed by atoms with van der Waals surface area (Å²) in [5.41, 5.74) is 6.61. The lowest BCUT2D eigenvalue weighted by Crippen LogP contribution is -2.17. The number of allylic oxidation sites excluding steroid dienone is 4. The lowest BCUT2D eigenvalue weighted by Gasteiger charge is -2.08. The van der Waals surface area contributed by atoms with Crippen molar-refractivity contribution in [2.24, 2.45) is 10.9 Å². The number of Topliss-reactive ketones (excluding diaryl/α,β-unsaturated/α-hetero) is 1. The fraction of sp³-hybridized carbons (Fsp3) is 0.538. The van der Waals surface area contributed by atoms with Gasteiger partial charge in [0.25, 0.3) is 0 Å². The van der Waals surface area contributed by atoms with Gasteiger partial charge in [0.1, 0.15) is 0 Å². The van der Waals surface area contributed by atoms with E-state index in [9.17, 15) is 4.79 Å². The van der Waals surface area contributed by atoms with Gasteiger partial charge in [-0.15, -0.1) is 11.8 Å². The van der Waals surface area contributed by atoms with E-state index in [1.54, 1.807) is 18.7 Å². The standard InChI is InChI=1S/C18H25NOS.C12H16O.C9H21N/c1-5-7-18(19-15(4)14(3)6-2)16-8-10-17(11-9-16)21-13-12-20;1-4-9(2)11-5-7-12(8-6-11)10(3)13;1-4-7-10-8-6-9(3)5-2/h5,7-11,20H,6,12-13H2,1-4H3;5-9H,4H2,1-3H3;9-10H,4-8H2,1-3H3/b7-5-,15-14-,19-18+;;. The summed E-state index contributed by atoms with van der Waals surface area (Å²) in [5, 5.41) is 12.3. The number of nitrogens with one attached hydrogen (secondary N) is 1. The minimum absolute atomic E-state index is 0.135. The van der Waals surface area contributed by atoms with Gasteiger partial charge in [0, 0.05) is 27.5 Å². The molecule has 5 heteroatoms. The average Bonchev–Trinajstić information content (AvgIpc) is 3.05. The number of rotatable bonds is 16. The summed E-state index contributed by atoms with van der Waals surface area (Å²) in [4.78, 5) is 16.9. The summed E-state index contributed by atoms with van der Waals surface area (Å²) in [6, 6.07) is 16.3. The number of thioether (sulfide) groups is 1. The molecule has 0 amide bonds. The van der Waals surface area contributed by atoms with Crippen molar-refractivity contribution in [1.29, 1.82) is 0 Å². The number of aliphatic imine (C=N–C) groups is 1. The SMILES string of the molecule is CCC(C)c1ccc(C(C)=O)cc1.CCCNCCC(C)CC.C\C=C/C(=N\C(C)=C(\C)CC)c1ccc(SCCO)cc1. The highest BCUT2D eigenvalue weighted by Crippen LogP contribution is 2.20. The normalized spacial score (nSPS) is 13.3. The molecule has 4 nitrogen and oxygen atoms in total. The van der Waals surface area contributed by atoms with Crippen molar-refractivity contribution in [3.63, 3.8) is 0 Å². The average molecular weight is 623 g/mol. The van der Waals surface area contributed by atoms with E-state index in [2.05, 4.69) is 85.0 Å². The van der Waals surface area contributed by atoms with Crippen molar-refractivity contribution in [2.45, 2.75) is 112 Å². The number of carbonyl (C=O) groups is 1. The largest absolute Gasteiger partial charge is 0.396 e. The van der Waals surface area contributed by atoms with Crippen LogP contribution in [0.25, 0.3) is 0 Å². The number of aliphatic hydroxyl groups is 1. The van der Waals surface area contributed by atoms with Gasteiger partial charge < -0.3 is 10.4 Å². The third-order valence-electron chi connectivity index (χ3n) is 7.71. The zero-order chi connectivity index (χ0) is 33.3. The van der Waals surface area contributed by atoms with E-state index in [0.29, 0.717) is 5.92 Å². The van der Waals surface area contributed by atoms with Crippen molar-refractivity contribution < 1.29 is 9.90 Å². The van der Waals surface area contributed by atoms with Gasteiger partial charge >= 0.3 is 0 Å². The van der Waals surface area contributed by atoms with E-state index < -0.39 is 0 Å². The van der Waals surface area contributed by atoms with Gasteiger partial charge in [0.2, 0.25) is 0 Å². The van der Waals surface area contributed by atoms with Crippen LogP contribution in [0.4, 0.5) is 0 Å². The third-order valence-corrected chi connectivity index (χ3v) is 8.70. The molecule has 0 radical (unpaired) electrons. The predicted octanol–water partition coefficient (Wildman–Crippen LogP) is 10.7. The van der Waals surface area contributed by atoms with Crippen molar-refractivity contribution >= 4 is 23.3 Å². The molecular formula is C39H62N2O2S. The van der Waals surface area contributed by atoms with E-state index in [0.717, 1.165) is 47.0 Å². The van der Waals surface area contributed by atoms with Crippen molar-refractivity contribution in [2.75, 3.05) is 25.4 Å². The molecule has 2 N–H and O–H groups in total. The van der Waals surface area contributed by atoms with Crippen LogP contribution in [0, 0.1) is 5.92 Å². The van der Waals surface area contributed by atoms with E-state index in [1.165, 1.54) is 48.4 Å². The third kappa shape index (κ3) is 18.4. The number of hydrogen-bond acceptors (Lipinski definition) is 5. The Kier molecular flexibility index (Phi) is 24.4. The number of nitrogens with zero attached hydrogens (tertiary/aromatic N) is 1. The second-order valence-corrected chi connectivity index (χ2v) is 12.5. The monoisotopic (exact) mass is 622 g/mol. The maximum atomic E-state index is 11.0. The Labute approximate surface area is 274 Å². The molecular weight excluding hydrogens is 561 g/mol. The quantitative estimate of drug-likeness (QED) is 0.0846. The molecule has 0 saturated carbocycles. The number of benzene rings is 2. The van der Waals surface area contributed by atoms with Gasteiger partial charge in [-0.05, 0) is 102 Å². The van der Waals surface area contributed by atoms with Gasteiger partial charge in [-0.2, -0.15) is 0 Å². The highest BCUT2D eigenvalue weighted by atomic mass is 32.2. The maximum Gasteiger partial charge on any atom is 0.159 e. The fourth-order valence-electron chi connectivity index (χ4n) is 3.91.